The van der Waals surface area contributed by atoms with Crippen LogP contribution >= 0.6 is 11.6 Å². The van der Waals surface area contributed by atoms with E-state index in [2.05, 4.69) is 15.5 Å². The number of halogens is 1. The van der Waals surface area contributed by atoms with E-state index in [4.69, 9.17) is 16.1 Å². The maximum atomic E-state index is 12.7. The molecule has 0 atom stereocenters. The molecule has 1 saturated carbocycles. The number of nitrogens with zero attached hydrogens (tertiary/aromatic N) is 3. The third-order valence-electron chi connectivity index (χ3n) is 4.75. The predicted molar refractivity (Wildman–Crippen MR) is 97.7 cm³/mol. The lowest BCUT2D eigenvalue weighted by Crippen LogP contribution is -2.35. The molecule has 2 heterocycles. The van der Waals surface area contributed by atoms with Crippen LogP contribution in [0.15, 0.2) is 53.6 Å². The number of hydrogen-bond acceptors (Lipinski definition) is 4. The summed E-state index contributed by atoms with van der Waals surface area (Å²) in [6, 6.07) is 9.23. The first-order valence-electron chi connectivity index (χ1n) is 8.65. The van der Waals surface area contributed by atoms with Gasteiger partial charge in [0.25, 0.3) is 0 Å². The minimum atomic E-state index is -0.539. The Hall–Kier alpha value is -2.60. The summed E-state index contributed by atoms with van der Waals surface area (Å²) in [6.07, 6.45) is 7.89. The lowest BCUT2D eigenvalue weighted by Gasteiger charge is -2.12. The fourth-order valence-electron chi connectivity index (χ4n) is 3.03. The van der Waals surface area contributed by atoms with Gasteiger partial charge in [0.2, 0.25) is 5.91 Å². The Morgan fingerprint density at radius 1 is 1.31 bits per heavy atom. The number of rotatable bonds is 7. The molecular weight excluding hydrogens is 352 g/mol. The first-order valence-corrected chi connectivity index (χ1v) is 9.02. The van der Waals surface area contributed by atoms with Gasteiger partial charge in [-0.15, -0.1) is 0 Å². The van der Waals surface area contributed by atoms with Gasteiger partial charge in [-0.3, -0.25) is 4.79 Å². The van der Waals surface area contributed by atoms with E-state index >= 15 is 0 Å². The molecule has 1 fully saturated rings. The van der Waals surface area contributed by atoms with Crippen molar-refractivity contribution < 1.29 is 9.32 Å². The van der Waals surface area contributed by atoms with Gasteiger partial charge in [-0.05, 0) is 43.5 Å². The lowest BCUT2D eigenvalue weighted by atomic mass is 10.0. The molecule has 1 N–H and O–H groups in total. The molecule has 0 unspecified atom stereocenters. The molecule has 2 aromatic heterocycles. The number of carbonyl (C=O) groups is 1. The van der Waals surface area contributed by atoms with E-state index in [9.17, 15) is 4.79 Å². The van der Waals surface area contributed by atoms with Crippen molar-refractivity contribution in [2.45, 2.75) is 31.2 Å². The average Bonchev–Trinajstić information content (AvgIpc) is 3.07. The highest BCUT2D eigenvalue weighted by atomic mass is 35.5. The van der Waals surface area contributed by atoms with Crippen molar-refractivity contribution in [1.82, 2.24) is 20.0 Å². The van der Waals surface area contributed by atoms with Gasteiger partial charge in [-0.2, -0.15) is 0 Å². The molecule has 1 amide bonds. The van der Waals surface area contributed by atoms with Crippen LogP contribution in [0.2, 0.25) is 5.02 Å². The highest BCUT2D eigenvalue weighted by Gasteiger charge is 2.53. The Morgan fingerprint density at radius 2 is 2.12 bits per heavy atom. The fraction of sp³-hybridized carbons (Fsp3) is 0.316. The topological polar surface area (TPSA) is 73.0 Å². The van der Waals surface area contributed by atoms with E-state index in [-0.39, 0.29) is 5.91 Å². The van der Waals surface area contributed by atoms with Crippen LogP contribution in [0.25, 0.3) is 11.3 Å². The second-order valence-electron chi connectivity index (χ2n) is 6.58. The van der Waals surface area contributed by atoms with E-state index < -0.39 is 5.41 Å². The van der Waals surface area contributed by atoms with Crippen LogP contribution in [0.1, 0.15) is 25.0 Å². The number of benzene rings is 1. The molecule has 134 valence electrons. The number of imidazole rings is 1. The number of amides is 1. The first kappa shape index (κ1) is 16.8. The summed E-state index contributed by atoms with van der Waals surface area (Å²) >= 11 is 5.92. The summed E-state index contributed by atoms with van der Waals surface area (Å²) < 4.78 is 7.45. The van der Waals surface area contributed by atoms with Crippen molar-refractivity contribution in [2.75, 3.05) is 6.54 Å². The smallest absolute Gasteiger partial charge is 0.232 e. The van der Waals surface area contributed by atoms with Crippen molar-refractivity contribution in [3.05, 3.63) is 59.8 Å². The van der Waals surface area contributed by atoms with E-state index in [1.807, 2.05) is 29.0 Å². The number of carbonyl (C=O) groups excluding carboxylic acids is 1. The number of nitrogens with one attached hydrogen (secondary N) is 1. The van der Waals surface area contributed by atoms with Crippen LogP contribution in [0, 0.1) is 0 Å². The maximum absolute atomic E-state index is 12.7. The Bertz CT molecular complexity index is 883. The predicted octanol–water partition coefficient (Wildman–Crippen LogP) is 3.43. The number of aryl methyl sites for hydroxylation is 1. The van der Waals surface area contributed by atoms with Gasteiger partial charge in [0.15, 0.2) is 5.76 Å². The molecule has 1 aliphatic carbocycles. The summed E-state index contributed by atoms with van der Waals surface area (Å²) in [6.45, 7) is 1.46. The highest BCUT2D eigenvalue weighted by molar-refractivity contribution is 6.30. The summed E-state index contributed by atoms with van der Waals surface area (Å²) in [7, 11) is 0. The van der Waals surface area contributed by atoms with Crippen molar-refractivity contribution in [3.63, 3.8) is 0 Å². The molecule has 1 aromatic carbocycles. The zero-order valence-electron chi connectivity index (χ0n) is 14.2. The molecular formula is C19H19ClN4O2. The van der Waals surface area contributed by atoms with E-state index in [0.717, 1.165) is 31.4 Å². The monoisotopic (exact) mass is 370 g/mol. The summed E-state index contributed by atoms with van der Waals surface area (Å²) in [5.74, 6) is 0.676. The van der Waals surface area contributed by atoms with Gasteiger partial charge in [-0.1, -0.05) is 16.8 Å². The number of hydrogen-bond donors (Lipinski definition) is 1. The second-order valence-corrected chi connectivity index (χ2v) is 7.01. The van der Waals surface area contributed by atoms with Crippen LogP contribution in [-0.4, -0.2) is 27.2 Å². The van der Waals surface area contributed by atoms with Crippen LogP contribution in [0.5, 0.6) is 0 Å². The minimum absolute atomic E-state index is 0.0269. The molecule has 3 aromatic rings. The van der Waals surface area contributed by atoms with Crippen molar-refractivity contribution in [1.29, 1.82) is 0 Å². The third kappa shape index (κ3) is 3.37. The normalized spacial score (nSPS) is 15.0. The summed E-state index contributed by atoms with van der Waals surface area (Å²) in [5, 5.41) is 7.86. The fourth-order valence-corrected chi connectivity index (χ4v) is 3.15. The summed E-state index contributed by atoms with van der Waals surface area (Å²) in [5.41, 5.74) is 1.06. The largest absolute Gasteiger partial charge is 0.356 e. The van der Waals surface area contributed by atoms with Crippen LogP contribution in [0.4, 0.5) is 0 Å². The number of aromatic nitrogens is 3. The molecule has 0 radical (unpaired) electrons. The van der Waals surface area contributed by atoms with Gasteiger partial charge >= 0.3 is 0 Å². The molecule has 4 rings (SSSR count). The molecule has 0 aliphatic heterocycles. The van der Waals surface area contributed by atoms with Crippen LogP contribution in [-0.2, 0) is 16.8 Å². The van der Waals surface area contributed by atoms with Gasteiger partial charge in [0.05, 0.1) is 17.4 Å². The first-order chi connectivity index (χ1) is 12.7. The Balaban J connectivity index is 1.37. The van der Waals surface area contributed by atoms with E-state index in [1.54, 1.807) is 24.7 Å². The van der Waals surface area contributed by atoms with Crippen LogP contribution < -0.4 is 5.32 Å². The second kappa shape index (κ2) is 6.96. The van der Waals surface area contributed by atoms with Gasteiger partial charge in [0, 0.05) is 42.1 Å². The molecule has 0 spiro atoms. The highest BCUT2D eigenvalue weighted by Crippen LogP contribution is 2.48. The summed E-state index contributed by atoms with van der Waals surface area (Å²) in [4.78, 5) is 16.7. The Kier molecular flexibility index (Phi) is 4.51. The zero-order chi connectivity index (χ0) is 18.0. The van der Waals surface area contributed by atoms with Crippen molar-refractivity contribution in [2.24, 2.45) is 0 Å². The minimum Gasteiger partial charge on any atom is -0.356 e. The van der Waals surface area contributed by atoms with Gasteiger partial charge in [0.1, 0.15) is 0 Å². The van der Waals surface area contributed by atoms with E-state index in [1.165, 1.54) is 0 Å². The quantitative estimate of drug-likeness (QED) is 0.647. The van der Waals surface area contributed by atoms with E-state index in [0.29, 0.717) is 23.0 Å². The zero-order valence-corrected chi connectivity index (χ0v) is 14.9. The third-order valence-corrected chi connectivity index (χ3v) is 5.00. The molecule has 26 heavy (non-hydrogen) atoms. The van der Waals surface area contributed by atoms with Gasteiger partial charge < -0.3 is 14.4 Å². The van der Waals surface area contributed by atoms with Crippen molar-refractivity contribution in [3.8, 4) is 11.3 Å². The average molecular weight is 371 g/mol. The Morgan fingerprint density at radius 3 is 2.81 bits per heavy atom. The van der Waals surface area contributed by atoms with Crippen LogP contribution in [0.3, 0.4) is 0 Å². The Labute approximate surface area is 156 Å². The van der Waals surface area contributed by atoms with Crippen molar-refractivity contribution >= 4 is 17.5 Å². The molecule has 6 nitrogen and oxygen atoms in total. The molecule has 7 heteroatoms. The molecule has 0 saturated heterocycles. The lowest BCUT2D eigenvalue weighted by molar-refractivity contribution is -0.123. The standard InChI is InChI=1S/C19H19ClN4O2/c20-15-4-2-14(3-5-15)16-12-17(23-26-16)19(6-7-19)18(25)22-8-1-10-24-11-9-21-13-24/h2-5,9,11-13H,1,6-8,10H2,(H,22,25). The maximum Gasteiger partial charge on any atom is 0.232 e. The SMILES string of the molecule is O=C(NCCCn1ccnc1)C1(c2cc(-c3ccc(Cl)cc3)on2)CC1. The van der Waals surface area contributed by atoms with Gasteiger partial charge in [-0.25, -0.2) is 4.98 Å². The molecule has 0 bridgehead atoms. The molecule has 1 aliphatic rings.